The molecule has 0 radical (unpaired) electrons. The number of fused-ring (bicyclic) bond motifs is 2. The molecule has 1 N–H and O–H groups in total. The number of rotatable bonds is 3. The minimum atomic E-state index is -0.519. The van der Waals surface area contributed by atoms with Crippen LogP contribution in [0, 0.1) is 5.92 Å². The molecule has 4 rings (SSSR count). The Morgan fingerprint density at radius 2 is 2.08 bits per heavy atom. The van der Waals surface area contributed by atoms with E-state index < -0.39 is 5.60 Å². The van der Waals surface area contributed by atoms with E-state index in [0.717, 1.165) is 18.2 Å². The molecule has 1 aliphatic carbocycles. The summed E-state index contributed by atoms with van der Waals surface area (Å²) in [6.07, 6.45) is 3.26. The molecule has 1 saturated carbocycles. The molecule has 2 heterocycles. The van der Waals surface area contributed by atoms with Gasteiger partial charge in [0, 0.05) is 18.0 Å². The van der Waals surface area contributed by atoms with E-state index in [0.29, 0.717) is 23.6 Å². The van der Waals surface area contributed by atoms with Gasteiger partial charge in [-0.2, -0.15) is 0 Å². The van der Waals surface area contributed by atoms with Gasteiger partial charge in [-0.3, -0.25) is 4.79 Å². The van der Waals surface area contributed by atoms with Gasteiger partial charge in [0.25, 0.3) is 5.91 Å². The summed E-state index contributed by atoms with van der Waals surface area (Å²) in [5.41, 5.74) is 0.757. The maximum absolute atomic E-state index is 12.6. The van der Waals surface area contributed by atoms with Gasteiger partial charge >= 0.3 is 6.09 Å². The van der Waals surface area contributed by atoms with Gasteiger partial charge < -0.3 is 19.4 Å². The van der Waals surface area contributed by atoms with Crippen LogP contribution in [0.2, 0.25) is 0 Å². The average Bonchev–Trinajstić information content (AvgIpc) is 3.01. The number of hydrogen-bond donors (Lipinski definition) is 1. The molecule has 1 saturated heterocycles. The van der Waals surface area contributed by atoms with Crippen molar-refractivity contribution in [1.82, 2.24) is 10.2 Å². The minimum Gasteiger partial charge on any atom is -0.464 e. The quantitative estimate of drug-likeness (QED) is 0.913. The number of nitrogens with zero attached hydrogens (tertiary/aromatic N) is 1. The average molecular weight is 356 g/mol. The van der Waals surface area contributed by atoms with Crippen LogP contribution < -0.4 is 5.32 Å². The van der Waals surface area contributed by atoms with Crippen LogP contribution in [-0.2, 0) is 4.74 Å². The first kappa shape index (κ1) is 16.9. The zero-order chi connectivity index (χ0) is 18.5. The van der Waals surface area contributed by atoms with Crippen molar-refractivity contribution in [3.63, 3.8) is 0 Å². The Hall–Kier alpha value is -2.50. The van der Waals surface area contributed by atoms with E-state index in [4.69, 9.17) is 9.15 Å². The second-order valence-corrected chi connectivity index (χ2v) is 8.19. The lowest BCUT2D eigenvalue weighted by atomic mass is 10.1. The van der Waals surface area contributed by atoms with Crippen LogP contribution in [0.4, 0.5) is 4.79 Å². The van der Waals surface area contributed by atoms with E-state index in [9.17, 15) is 9.59 Å². The molecule has 0 spiro atoms. The van der Waals surface area contributed by atoms with E-state index in [2.05, 4.69) is 5.32 Å². The lowest BCUT2D eigenvalue weighted by Crippen LogP contribution is -2.47. The van der Waals surface area contributed by atoms with Crippen molar-refractivity contribution >= 4 is 23.0 Å². The largest absolute Gasteiger partial charge is 0.464 e. The third-order valence-corrected chi connectivity index (χ3v) is 5.05. The first-order chi connectivity index (χ1) is 12.3. The predicted octanol–water partition coefficient (Wildman–Crippen LogP) is 3.56. The molecule has 2 fully saturated rings. The van der Waals surface area contributed by atoms with Gasteiger partial charge in [-0.05, 0) is 57.7 Å². The van der Waals surface area contributed by atoms with Crippen molar-refractivity contribution in [3.8, 4) is 0 Å². The topological polar surface area (TPSA) is 71.8 Å². The number of piperidine rings is 1. The standard InChI is InChI=1S/C20H24N2O4/c1-20(2,3)26-19(24)22-13(9-12-10-16(12)22)11-21-18(23)15-5-4-6-17-14(15)7-8-25-17/h4-8,12-13,16H,9-11H2,1-3H3,(H,21,23)/t12-,13+,16+/m1/s1. The maximum atomic E-state index is 12.6. The van der Waals surface area contributed by atoms with Crippen molar-refractivity contribution in [3.05, 3.63) is 36.1 Å². The Bertz CT molecular complexity index is 851. The lowest BCUT2D eigenvalue weighted by Gasteiger charge is -2.30. The van der Waals surface area contributed by atoms with Crippen LogP contribution in [0.5, 0.6) is 0 Å². The summed E-state index contributed by atoms with van der Waals surface area (Å²) in [7, 11) is 0. The molecule has 1 aliphatic heterocycles. The molecule has 6 heteroatoms. The minimum absolute atomic E-state index is 0.0129. The lowest BCUT2D eigenvalue weighted by molar-refractivity contribution is 0.0183. The zero-order valence-electron chi connectivity index (χ0n) is 15.3. The molecule has 1 aromatic carbocycles. The summed E-state index contributed by atoms with van der Waals surface area (Å²) in [4.78, 5) is 27.0. The molecule has 138 valence electrons. The molecule has 26 heavy (non-hydrogen) atoms. The number of amides is 2. The number of carbonyl (C=O) groups excluding carboxylic acids is 2. The highest BCUT2D eigenvalue weighted by Crippen LogP contribution is 2.48. The highest BCUT2D eigenvalue weighted by atomic mass is 16.6. The molecule has 2 aromatic rings. The van der Waals surface area contributed by atoms with Gasteiger partial charge in [-0.25, -0.2) is 4.79 Å². The van der Waals surface area contributed by atoms with Crippen molar-refractivity contribution < 1.29 is 18.7 Å². The number of ether oxygens (including phenoxy) is 1. The van der Waals surface area contributed by atoms with Crippen molar-refractivity contribution in [2.75, 3.05) is 6.54 Å². The third kappa shape index (κ3) is 3.16. The second-order valence-electron chi connectivity index (χ2n) is 8.19. The van der Waals surface area contributed by atoms with Crippen LogP contribution in [0.25, 0.3) is 11.0 Å². The molecule has 2 amide bonds. The van der Waals surface area contributed by atoms with E-state index >= 15 is 0 Å². The Morgan fingerprint density at radius 3 is 2.85 bits per heavy atom. The fraction of sp³-hybridized carbons (Fsp3) is 0.500. The Labute approximate surface area is 152 Å². The molecule has 3 atom stereocenters. The molecule has 1 aromatic heterocycles. The van der Waals surface area contributed by atoms with E-state index in [-0.39, 0.29) is 24.1 Å². The van der Waals surface area contributed by atoms with Gasteiger partial charge in [-0.15, -0.1) is 0 Å². The van der Waals surface area contributed by atoms with E-state index in [1.807, 2.05) is 31.7 Å². The van der Waals surface area contributed by atoms with Crippen LogP contribution >= 0.6 is 0 Å². The Kier molecular flexibility index (Phi) is 3.93. The van der Waals surface area contributed by atoms with E-state index in [1.54, 1.807) is 24.5 Å². The van der Waals surface area contributed by atoms with Gasteiger partial charge in [0.05, 0.1) is 17.9 Å². The first-order valence-corrected chi connectivity index (χ1v) is 9.09. The smallest absolute Gasteiger partial charge is 0.410 e. The first-order valence-electron chi connectivity index (χ1n) is 9.09. The highest BCUT2D eigenvalue weighted by Gasteiger charge is 2.54. The fourth-order valence-electron chi connectivity index (χ4n) is 3.84. The van der Waals surface area contributed by atoms with Crippen LogP contribution in [-0.4, -0.2) is 41.1 Å². The van der Waals surface area contributed by atoms with Crippen LogP contribution in [0.3, 0.4) is 0 Å². The van der Waals surface area contributed by atoms with Crippen molar-refractivity contribution in [2.24, 2.45) is 5.92 Å². The number of carbonyl (C=O) groups is 2. The Morgan fingerprint density at radius 1 is 1.27 bits per heavy atom. The molecule has 0 unspecified atom stereocenters. The predicted molar refractivity (Wildman–Crippen MR) is 96.9 cm³/mol. The van der Waals surface area contributed by atoms with E-state index in [1.165, 1.54) is 0 Å². The molecule has 0 bridgehead atoms. The zero-order valence-corrected chi connectivity index (χ0v) is 15.3. The van der Waals surface area contributed by atoms with Gasteiger partial charge in [-0.1, -0.05) is 6.07 Å². The van der Waals surface area contributed by atoms with Gasteiger partial charge in [0.2, 0.25) is 0 Å². The van der Waals surface area contributed by atoms with Crippen LogP contribution in [0.15, 0.2) is 34.9 Å². The summed E-state index contributed by atoms with van der Waals surface area (Å²) >= 11 is 0. The number of furan rings is 1. The third-order valence-electron chi connectivity index (χ3n) is 5.05. The summed E-state index contributed by atoms with van der Waals surface area (Å²) in [6, 6.07) is 7.47. The van der Waals surface area contributed by atoms with Gasteiger partial charge in [0.15, 0.2) is 0 Å². The number of hydrogen-bond acceptors (Lipinski definition) is 4. The second kappa shape index (κ2) is 6.04. The summed E-state index contributed by atoms with van der Waals surface area (Å²) in [5, 5.41) is 3.78. The number of benzene rings is 1. The van der Waals surface area contributed by atoms with Crippen molar-refractivity contribution in [2.45, 2.75) is 51.3 Å². The van der Waals surface area contributed by atoms with Crippen molar-refractivity contribution in [1.29, 1.82) is 0 Å². The number of likely N-dealkylation sites (tertiary alicyclic amines) is 1. The molecule has 6 nitrogen and oxygen atoms in total. The number of nitrogens with one attached hydrogen (secondary N) is 1. The SMILES string of the molecule is CC(C)(C)OC(=O)N1[C@H](CNC(=O)c2cccc3occc23)C[C@@H]2C[C@@H]21. The maximum Gasteiger partial charge on any atom is 0.410 e. The summed E-state index contributed by atoms with van der Waals surface area (Å²) < 4.78 is 10.9. The fourth-order valence-corrected chi connectivity index (χ4v) is 3.84. The summed E-state index contributed by atoms with van der Waals surface area (Å²) in [6.45, 7) is 6.04. The Balaban J connectivity index is 1.43. The summed E-state index contributed by atoms with van der Waals surface area (Å²) in [5.74, 6) is 0.392. The monoisotopic (exact) mass is 356 g/mol. The van der Waals surface area contributed by atoms with Crippen LogP contribution in [0.1, 0.15) is 44.0 Å². The molecular weight excluding hydrogens is 332 g/mol. The van der Waals surface area contributed by atoms with Gasteiger partial charge in [0.1, 0.15) is 11.2 Å². The normalized spacial score (nSPS) is 24.4. The highest BCUT2D eigenvalue weighted by molar-refractivity contribution is 6.05. The molecule has 2 aliphatic rings. The molecular formula is C20H24N2O4.